The summed E-state index contributed by atoms with van der Waals surface area (Å²) in [5.74, 6) is 6.36. The molecule has 0 radical (unpaired) electrons. The molecule has 0 bridgehead atoms. The van der Waals surface area contributed by atoms with Gasteiger partial charge >= 0.3 is 6.01 Å². The summed E-state index contributed by atoms with van der Waals surface area (Å²) in [6, 6.07) is 0.463. The van der Waals surface area contributed by atoms with E-state index in [9.17, 15) is 0 Å². The summed E-state index contributed by atoms with van der Waals surface area (Å²) in [4.78, 5) is 3.97. The van der Waals surface area contributed by atoms with Gasteiger partial charge in [0.25, 0.3) is 0 Å². The third kappa shape index (κ3) is 2.62. The monoisotopic (exact) mass is 165 g/mol. The lowest BCUT2D eigenvalue weighted by atomic mass is 10.4. The molecule has 1 aromatic rings. The number of aromatic nitrogens is 2. The van der Waals surface area contributed by atoms with Crippen molar-refractivity contribution in [3.63, 3.8) is 0 Å². The van der Waals surface area contributed by atoms with Crippen LogP contribution in [0.5, 0.6) is 0 Å². The Bertz CT molecular complexity index is 295. The molecule has 0 saturated carbocycles. The fourth-order valence-corrected chi connectivity index (χ4v) is 0.726. The normalized spacial score (nSPS) is 8.83. The number of anilines is 1. The van der Waals surface area contributed by atoms with Crippen LogP contribution < -0.4 is 5.32 Å². The highest BCUT2D eigenvalue weighted by Gasteiger charge is 1.98. The summed E-state index contributed by atoms with van der Waals surface area (Å²) in [6.45, 7) is 4.33. The summed E-state index contributed by atoms with van der Waals surface area (Å²) >= 11 is 0. The van der Waals surface area contributed by atoms with Crippen LogP contribution in [0.3, 0.4) is 0 Å². The van der Waals surface area contributed by atoms with Crippen LogP contribution in [0.15, 0.2) is 4.52 Å². The topological polar surface area (TPSA) is 51.0 Å². The average molecular weight is 165 g/mol. The van der Waals surface area contributed by atoms with Gasteiger partial charge in [-0.2, -0.15) is 4.98 Å². The van der Waals surface area contributed by atoms with Crippen LogP contribution in [0.2, 0.25) is 0 Å². The van der Waals surface area contributed by atoms with Crippen molar-refractivity contribution in [2.45, 2.75) is 20.3 Å². The number of nitrogens with one attached hydrogen (secondary N) is 1. The molecule has 0 fully saturated rings. The van der Waals surface area contributed by atoms with Gasteiger partial charge in [0.2, 0.25) is 0 Å². The van der Waals surface area contributed by atoms with Crippen molar-refractivity contribution < 1.29 is 4.52 Å². The highest BCUT2D eigenvalue weighted by Crippen LogP contribution is 2.00. The molecule has 0 amide bonds. The van der Waals surface area contributed by atoms with Crippen molar-refractivity contribution in [1.82, 2.24) is 10.1 Å². The van der Waals surface area contributed by atoms with Gasteiger partial charge in [-0.1, -0.05) is 5.16 Å². The van der Waals surface area contributed by atoms with E-state index in [2.05, 4.69) is 27.3 Å². The molecule has 12 heavy (non-hydrogen) atoms. The molecule has 4 nitrogen and oxygen atoms in total. The van der Waals surface area contributed by atoms with Crippen molar-refractivity contribution in [2.75, 3.05) is 11.9 Å². The van der Waals surface area contributed by atoms with Crippen LogP contribution in [0.4, 0.5) is 6.01 Å². The van der Waals surface area contributed by atoms with Crippen molar-refractivity contribution in [1.29, 1.82) is 0 Å². The molecule has 1 aromatic heterocycles. The lowest BCUT2D eigenvalue weighted by Gasteiger charge is -1.93. The minimum Gasteiger partial charge on any atom is -0.337 e. The van der Waals surface area contributed by atoms with Gasteiger partial charge in [-0.25, -0.2) is 0 Å². The second-order valence-corrected chi connectivity index (χ2v) is 2.25. The van der Waals surface area contributed by atoms with E-state index in [0.29, 0.717) is 11.8 Å². The Balaban J connectivity index is 2.27. The maximum absolute atomic E-state index is 4.82. The Kier molecular flexibility index (Phi) is 3.15. The van der Waals surface area contributed by atoms with E-state index in [1.54, 1.807) is 6.92 Å². The van der Waals surface area contributed by atoms with E-state index < -0.39 is 0 Å². The van der Waals surface area contributed by atoms with E-state index in [1.165, 1.54) is 0 Å². The Morgan fingerprint density at radius 1 is 1.58 bits per heavy atom. The minimum atomic E-state index is 0.463. The first-order valence-corrected chi connectivity index (χ1v) is 3.76. The van der Waals surface area contributed by atoms with Gasteiger partial charge in [-0.3, -0.25) is 0 Å². The second-order valence-electron chi connectivity index (χ2n) is 2.25. The summed E-state index contributed by atoms with van der Waals surface area (Å²) in [5, 5.41) is 6.59. The van der Waals surface area contributed by atoms with Crippen LogP contribution in [0.25, 0.3) is 0 Å². The molecule has 0 saturated heterocycles. The van der Waals surface area contributed by atoms with E-state index in [-0.39, 0.29) is 0 Å². The van der Waals surface area contributed by atoms with Crippen molar-refractivity contribution in [3.05, 3.63) is 5.82 Å². The average Bonchev–Trinajstić information content (AvgIpc) is 2.45. The lowest BCUT2D eigenvalue weighted by molar-refractivity contribution is 0.425. The van der Waals surface area contributed by atoms with Gasteiger partial charge in [-0.15, -0.1) is 11.8 Å². The predicted molar refractivity (Wildman–Crippen MR) is 45.6 cm³/mol. The number of hydrogen-bond acceptors (Lipinski definition) is 4. The number of aryl methyl sites for hydroxylation is 1. The largest absolute Gasteiger partial charge is 0.337 e. The standard InChI is InChI=1S/C8H11N3O/c1-3-4-5-6-9-8-10-7(2)11-12-8/h5-6H2,1-2H3,(H,9,10,11). The number of nitrogens with zero attached hydrogens (tertiary/aromatic N) is 2. The molecular formula is C8H11N3O. The Labute approximate surface area is 71.4 Å². The molecule has 0 aliphatic rings. The molecule has 0 aliphatic carbocycles. The van der Waals surface area contributed by atoms with Crippen LogP contribution >= 0.6 is 0 Å². The molecule has 0 aromatic carbocycles. The SMILES string of the molecule is CC#CCCNc1nc(C)no1. The van der Waals surface area contributed by atoms with Crippen LogP contribution in [0, 0.1) is 18.8 Å². The minimum absolute atomic E-state index is 0.463. The Morgan fingerprint density at radius 3 is 3.00 bits per heavy atom. The molecule has 0 spiro atoms. The van der Waals surface area contributed by atoms with Crippen molar-refractivity contribution in [3.8, 4) is 11.8 Å². The highest BCUT2D eigenvalue weighted by atomic mass is 16.5. The molecule has 0 aliphatic heterocycles. The molecule has 4 heteroatoms. The smallest absolute Gasteiger partial charge is 0.321 e. The van der Waals surface area contributed by atoms with Crippen molar-refractivity contribution in [2.24, 2.45) is 0 Å². The maximum atomic E-state index is 4.82. The van der Waals surface area contributed by atoms with Gasteiger partial charge in [-0.05, 0) is 13.8 Å². The van der Waals surface area contributed by atoms with Gasteiger partial charge < -0.3 is 9.84 Å². The summed E-state index contributed by atoms with van der Waals surface area (Å²) in [5.41, 5.74) is 0. The first-order chi connectivity index (χ1) is 5.83. The van der Waals surface area contributed by atoms with Crippen LogP contribution in [0.1, 0.15) is 19.2 Å². The lowest BCUT2D eigenvalue weighted by Crippen LogP contribution is -2.00. The fraction of sp³-hybridized carbons (Fsp3) is 0.500. The van der Waals surface area contributed by atoms with E-state index in [4.69, 9.17) is 4.52 Å². The van der Waals surface area contributed by atoms with E-state index >= 15 is 0 Å². The Hall–Kier alpha value is -1.50. The molecule has 64 valence electrons. The second kappa shape index (κ2) is 4.39. The maximum Gasteiger partial charge on any atom is 0.321 e. The van der Waals surface area contributed by atoms with Gasteiger partial charge in [0.15, 0.2) is 5.82 Å². The summed E-state index contributed by atoms with van der Waals surface area (Å²) in [7, 11) is 0. The highest BCUT2D eigenvalue weighted by molar-refractivity contribution is 5.18. The van der Waals surface area contributed by atoms with Gasteiger partial charge in [0, 0.05) is 13.0 Å². The molecule has 1 N–H and O–H groups in total. The van der Waals surface area contributed by atoms with Gasteiger partial charge in [0.05, 0.1) is 0 Å². The predicted octanol–water partition coefficient (Wildman–Crippen LogP) is 1.20. The first kappa shape index (κ1) is 8.60. The zero-order chi connectivity index (χ0) is 8.81. The molecule has 0 atom stereocenters. The third-order valence-corrected chi connectivity index (χ3v) is 1.23. The van der Waals surface area contributed by atoms with Crippen molar-refractivity contribution >= 4 is 6.01 Å². The fourth-order valence-electron chi connectivity index (χ4n) is 0.726. The van der Waals surface area contributed by atoms with Crippen LogP contribution in [-0.2, 0) is 0 Å². The molecular weight excluding hydrogens is 154 g/mol. The van der Waals surface area contributed by atoms with Gasteiger partial charge in [0.1, 0.15) is 0 Å². The Morgan fingerprint density at radius 2 is 2.42 bits per heavy atom. The first-order valence-electron chi connectivity index (χ1n) is 3.76. The number of hydrogen-bond donors (Lipinski definition) is 1. The van der Waals surface area contributed by atoms with Crippen LogP contribution in [-0.4, -0.2) is 16.7 Å². The third-order valence-electron chi connectivity index (χ3n) is 1.23. The molecule has 0 unspecified atom stereocenters. The summed E-state index contributed by atoms with van der Waals surface area (Å²) < 4.78 is 4.82. The molecule has 1 heterocycles. The molecule has 1 rings (SSSR count). The zero-order valence-corrected chi connectivity index (χ0v) is 7.22. The number of rotatable bonds is 3. The quantitative estimate of drug-likeness (QED) is 0.540. The summed E-state index contributed by atoms with van der Waals surface area (Å²) in [6.07, 6.45) is 0.790. The van der Waals surface area contributed by atoms with E-state index in [1.807, 2.05) is 6.92 Å². The zero-order valence-electron chi connectivity index (χ0n) is 7.22. The van der Waals surface area contributed by atoms with E-state index in [0.717, 1.165) is 13.0 Å².